The van der Waals surface area contributed by atoms with Crippen molar-refractivity contribution >= 4 is 5.82 Å². The number of hydrogen-bond acceptors (Lipinski definition) is 4. The van der Waals surface area contributed by atoms with Crippen LogP contribution in [0.4, 0.5) is 5.82 Å². The van der Waals surface area contributed by atoms with E-state index in [9.17, 15) is 0 Å². The van der Waals surface area contributed by atoms with Crippen LogP contribution >= 0.6 is 0 Å². The second-order valence-corrected chi connectivity index (χ2v) is 4.20. The lowest BCUT2D eigenvalue weighted by Crippen LogP contribution is -2.25. The zero-order valence-corrected chi connectivity index (χ0v) is 10.4. The summed E-state index contributed by atoms with van der Waals surface area (Å²) >= 11 is 0. The van der Waals surface area contributed by atoms with Crippen molar-refractivity contribution in [2.24, 2.45) is 0 Å². The Balaban J connectivity index is 2.41. The molecule has 92 valence electrons. The maximum Gasteiger partial charge on any atom is 0.167 e. The van der Waals surface area contributed by atoms with Gasteiger partial charge < -0.3 is 10.3 Å². The van der Waals surface area contributed by atoms with Crippen molar-refractivity contribution in [3.8, 4) is 0 Å². The average molecular weight is 225 g/mol. The Morgan fingerprint density at radius 3 is 2.31 bits per heavy atom. The van der Waals surface area contributed by atoms with Crippen LogP contribution in [0.15, 0.2) is 10.6 Å². The van der Waals surface area contributed by atoms with Crippen LogP contribution in [-0.4, -0.2) is 23.1 Å². The first-order valence-corrected chi connectivity index (χ1v) is 6.19. The molecular weight excluding hydrogens is 202 g/mol. The molecule has 4 nitrogen and oxygen atoms in total. The topological polar surface area (TPSA) is 55.3 Å². The number of nitrogens with zero attached hydrogens (tertiary/aromatic N) is 2. The Labute approximate surface area is 97.8 Å². The molecule has 1 aromatic heterocycles. The summed E-state index contributed by atoms with van der Waals surface area (Å²) in [4.78, 5) is 2.41. The number of aromatic nitrogens is 1. The van der Waals surface area contributed by atoms with E-state index >= 15 is 0 Å². The van der Waals surface area contributed by atoms with Crippen LogP contribution in [0, 0.1) is 0 Å². The van der Waals surface area contributed by atoms with Crippen LogP contribution < -0.4 is 5.73 Å². The zero-order valence-electron chi connectivity index (χ0n) is 10.4. The minimum atomic E-state index is 0.473. The molecule has 0 unspecified atom stereocenters. The molecule has 0 saturated carbocycles. The Bertz CT molecular complexity index is 278. The van der Waals surface area contributed by atoms with Crippen molar-refractivity contribution in [2.75, 3.05) is 18.8 Å². The van der Waals surface area contributed by atoms with E-state index < -0.39 is 0 Å². The van der Waals surface area contributed by atoms with E-state index in [1.165, 1.54) is 25.7 Å². The summed E-state index contributed by atoms with van der Waals surface area (Å²) < 4.78 is 5.14. The third-order valence-electron chi connectivity index (χ3n) is 2.61. The second kappa shape index (κ2) is 7.28. The summed E-state index contributed by atoms with van der Waals surface area (Å²) in [6, 6.07) is 1.81. The van der Waals surface area contributed by atoms with Crippen LogP contribution in [0.1, 0.15) is 45.3 Å². The smallest absolute Gasteiger partial charge is 0.167 e. The average Bonchev–Trinajstić information content (AvgIpc) is 2.68. The summed E-state index contributed by atoms with van der Waals surface area (Å²) in [6.45, 7) is 7.49. The number of nitrogen functional groups attached to an aromatic ring is 1. The molecule has 2 N–H and O–H groups in total. The van der Waals surface area contributed by atoms with Crippen LogP contribution in [0.3, 0.4) is 0 Å². The molecule has 0 amide bonds. The number of unbranched alkanes of at least 4 members (excludes halogenated alkanes) is 2. The second-order valence-electron chi connectivity index (χ2n) is 4.20. The number of rotatable bonds is 8. The first-order valence-electron chi connectivity index (χ1n) is 6.19. The molecule has 0 spiro atoms. The van der Waals surface area contributed by atoms with Gasteiger partial charge in [0.25, 0.3) is 0 Å². The maximum absolute atomic E-state index is 5.53. The Hall–Kier alpha value is -1.03. The van der Waals surface area contributed by atoms with Crippen LogP contribution in [0.25, 0.3) is 0 Å². The largest absolute Gasteiger partial charge is 0.381 e. The highest BCUT2D eigenvalue weighted by Crippen LogP contribution is 2.10. The quantitative estimate of drug-likeness (QED) is 0.739. The molecule has 0 aliphatic rings. The van der Waals surface area contributed by atoms with E-state index in [4.69, 9.17) is 10.3 Å². The summed E-state index contributed by atoms with van der Waals surface area (Å²) in [6.07, 6.45) is 4.91. The van der Waals surface area contributed by atoms with Gasteiger partial charge in [0.05, 0.1) is 6.54 Å². The van der Waals surface area contributed by atoms with Crippen molar-refractivity contribution in [1.82, 2.24) is 10.1 Å². The van der Waals surface area contributed by atoms with Gasteiger partial charge in [0.15, 0.2) is 11.6 Å². The van der Waals surface area contributed by atoms with E-state index in [0.29, 0.717) is 5.82 Å². The van der Waals surface area contributed by atoms with E-state index in [-0.39, 0.29) is 0 Å². The van der Waals surface area contributed by atoms with Gasteiger partial charge in [0.2, 0.25) is 0 Å². The van der Waals surface area contributed by atoms with E-state index in [1.54, 1.807) is 0 Å². The van der Waals surface area contributed by atoms with Crippen molar-refractivity contribution in [3.05, 3.63) is 11.8 Å². The first kappa shape index (κ1) is 13.0. The minimum Gasteiger partial charge on any atom is -0.381 e. The van der Waals surface area contributed by atoms with Gasteiger partial charge in [-0.3, -0.25) is 4.90 Å². The van der Waals surface area contributed by atoms with Crippen LogP contribution in [-0.2, 0) is 6.54 Å². The van der Waals surface area contributed by atoms with Gasteiger partial charge in [-0.05, 0) is 25.9 Å². The fraction of sp³-hybridized carbons (Fsp3) is 0.750. The monoisotopic (exact) mass is 225 g/mol. The van der Waals surface area contributed by atoms with Gasteiger partial charge in [0.1, 0.15) is 0 Å². The standard InChI is InChI=1S/C12H23N3O/c1-3-5-7-15(8-6-4-2)10-11-9-12(13)14-16-11/h9H,3-8,10H2,1-2H3,(H2,13,14). The SMILES string of the molecule is CCCCN(CCCC)Cc1cc(N)no1. The van der Waals surface area contributed by atoms with Crippen LogP contribution in [0.5, 0.6) is 0 Å². The first-order chi connectivity index (χ1) is 7.76. The highest BCUT2D eigenvalue weighted by atomic mass is 16.5. The summed E-state index contributed by atoms with van der Waals surface area (Å²) in [5.74, 6) is 1.34. The lowest BCUT2D eigenvalue weighted by atomic mass is 10.2. The Kier molecular flexibility index (Phi) is 5.93. The fourth-order valence-electron chi connectivity index (χ4n) is 1.66. The number of anilines is 1. The maximum atomic E-state index is 5.53. The van der Waals surface area contributed by atoms with Crippen molar-refractivity contribution in [1.29, 1.82) is 0 Å². The summed E-state index contributed by atoms with van der Waals surface area (Å²) in [5.41, 5.74) is 5.53. The van der Waals surface area contributed by atoms with Crippen molar-refractivity contribution in [3.63, 3.8) is 0 Å². The summed E-state index contributed by atoms with van der Waals surface area (Å²) in [5, 5.41) is 3.71. The van der Waals surface area contributed by atoms with E-state index in [0.717, 1.165) is 25.4 Å². The van der Waals surface area contributed by atoms with Gasteiger partial charge in [-0.25, -0.2) is 0 Å². The molecule has 0 fully saturated rings. The summed E-state index contributed by atoms with van der Waals surface area (Å²) in [7, 11) is 0. The van der Waals surface area contributed by atoms with Gasteiger partial charge in [-0.15, -0.1) is 0 Å². The molecule has 0 aliphatic carbocycles. The molecular formula is C12H23N3O. The predicted octanol–water partition coefficient (Wildman–Crippen LogP) is 2.66. The normalized spacial score (nSPS) is 11.2. The van der Waals surface area contributed by atoms with Gasteiger partial charge in [0, 0.05) is 6.07 Å². The molecule has 0 atom stereocenters. The molecule has 0 saturated heterocycles. The number of hydrogen-bond donors (Lipinski definition) is 1. The van der Waals surface area contributed by atoms with Gasteiger partial charge >= 0.3 is 0 Å². The van der Waals surface area contributed by atoms with Gasteiger partial charge in [-0.2, -0.15) is 0 Å². The van der Waals surface area contributed by atoms with Gasteiger partial charge in [-0.1, -0.05) is 31.8 Å². The Morgan fingerprint density at radius 2 is 1.88 bits per heavy atom. The molecule has 0 bridgehead atoms. The Morgan fingerprint density at radius 1 is 1.25 bits per heavy atom. The molecule has 4 heteroatoms. The third-order valence-corrected chi connectivity index (χ3v) is 2.61. The highest BCUT2D eigenvalue weighted by Gasteiger charge is 2.08. The van der Waals surface area contributed by atoms with Crippen LogP contribution in [0.2, 0.25) is 0 Å². The van der Waals surface area contributed by atoms with Crippen molar-refractivity contribution < 1.29 is 4.52 Å². The molecule has 1 aromatic rings. The fourth-order valence-corrected chi connectivity index (χ4v) is 1.66. The molecule has 1 rings (SSSR count). The molecule has 0 aromatic carbocycles. The third kappa shape index (κ3) is 4.66. The molecule has 0 radical (unpaired) electrons. The zero-order chi connectivity index (χ0) is 11.8. The lowest BCUT2D eigenvalue weighted by molar-refractivity contribution is 0.225. The minimum absolute atomic E-state index is 0.473. The van der Waals surface area contributed by atoms with E-state index in [2.05, 4.69) is 23.9 Å². The lowest BCUT2D eigenvalue weighted by Gasteiger charge is -2.20. The predicted molar refractivity (Wildman–Crippen MR) is 66.0 cm³/mol. The van der Waals surface area contributed by atoms with Crippen molar-refractivity contribution in [2.45, 2.75) is 46.1 Å². The molecule has 16 heavy (non-hydrogen) atoms. The van der Waals surface area contributed by atoms with E-state index in [1.807, 2.05) is 6.07 Å². The molecule has 1 heterocycles. The highest BCUT2D eigenvalue weighted by molar-refractivity contribution is 5.26. The number of nitrogens with two attached hydrogens (primary N) is 1. The molecule has 0 aliphatic heterocycles.